The molecule has 1 aliphatic carbocycles. The third-order valence-electron chi connectivity index (χ3n) is 2.86. The van der Waals surface area contributed by atoms with E-state index in [0.717, 1.165) is 17.3 Å². The third kappa shape index (κ3) is 3.12. The van der Waals surface area contributed by atoms with E-state index in [1.165, 1.54) is 6.42 Å². The van der Waals surface area contributed by atoms with Gasteiger partial charge < -0.3 is 15.4 Å². The van der Waals surface area contributed by atoms with Crippen molar-refractivity contribution >= 4 is 27.6 Å². The molecule has 1 aromatic carbocycles. The Balaban J connectivity index is 1.98. The monoisotopic (exact) mass is 298 g/mol. The molecule has 2 N–H and O–H groups in total. The fourth-order valence-electron chi connectivity index (χ4n) is 1.62. The summed E-state index contributed by atoms with van der Waals surface area (Å²) in [6.45, 7) is 0. The number of nitrogens with one attached hydrogen (secondary N) is 2. The number of amides is 2. The first-order chi connectivity index (χ1) is 8.19. The van der Waals surface area contributed by atoms with E-state index in [9.17, 15) is 4.79 Å². The maximum Gasteiger partial charge on any atom is 0.319 e. The van der Waals surface area contributed by atoms with Crippen molar-refractivity contribution in [2.24, 2.45) is 0 Å². The van der Waals surface area contributed by atoms with E-state index < -0.39 is 0 Å². The molecule has 5 heteroatoms. The van der Waals surface area contributed by atoms with Gasteiger partial charge in [0.15, 0.2) is 0 Å². The molecule has 0 heterocycles. The first-order valence-corrected chi connectivity index (χ1v) is 6.39. The maximum atomic E-state index is 11.7. The minimum Gasteiger partial charge on any atom is -0.497 e. The Hall–Kier alpha value is -1.23. The molecule has 17 heavy (non-hydrogen) atoms. The van der Waals surface area contributed by atoms with Crippen LogP contribution < -0.4 is 15.4 Å². The summed E-state index contributed by atoms with van der Waals surface area (Å²) < 4.78 is 5.95. The van der Waals surface area contributed by atoms with Crippen molar-refractivity contribution in [3.63, 3.8) is 0 Å². The van der Waals surface area contributed by atoms with Crippen molar-refractivity contribution in [2.75, 3.05) is 12.4 Å². The van der Waals surface area contributed by atoms with Crippen molar-refractivity contribution in [1.82, 2.24) is 5.32 Å². The number of urea groups is 1. The van der Waals surface area contributed by atoms with Gasteiger partial charge in [-0.25, -0.2) is 4.79 Å². The predicted octanol–water partition coefficient (Wildman–Crippen LogP) is 3.13. The molecule has 0 saturated heterocycles. The van der Waals surface area contributed by atoms with Gasteiger partial charge >= 0.3 is 6.03 Å². The van der Waals surface area contributed by atoms with Crippen LogP contribution in [0.15, 0.2) is 22.7 Å². The lowest BCUT2D eigenvalue weighted by atomic mass is 9.93. The Kier molecular flexibility index (Phi) is 3.89. The molecule has 0 unspecified atom stereocenters. The highest BCUT2D eigenvalue weighted by atomic mass is 79.9. The Morgan fingerprint density at radius 3 is 2.82 bits per heavy atom. The van der Waals surface area contributed by atoms with Crippen LogP contribution in [0.4, 0.5) is 10.5 Å². The zero-order valence-corrected chi connectivity index (χ0v) is 11.2. The number of benzene rings is 1. The number of rotatable bonds is 3. The smallest absolute Gasteiger partial charge is 0.319 e. The highest BCUT2D eigenvalue weighted by Gasteiger charge is 2.19. The van der Waals surface area contributed by atoms with E-state index in [2.05, 4.69) is 26.6 Å². The summed E-state index contributed by atoms with van der Waals surface area (Å²) in [5.41, 5.74) is 0.709. The molecule has 92 valence electrons. The molecule has 0 atom stereocenters. The molecule has 2 amide bonds. The zero-order chi connectivity index (χ0) is 12.3. The summed E-state index contributed by atoms with van der Waals surface area (Å²) >= 11 is 3.39. The standard InChI is InChI=1S/C12H15BrN2O2/c1-17-9-5-6-10(13)11(7-9)15-12(16)14-8-3-2-4-8/h5-8H,2-4H2,1H3,(H2,14,15,16). The van der Waals surface area contributed by atoms with Crippen LogP contribution in [0.25, 0.3) is 0 Å². The zero-order valence-electron chi connectivity index (χ0n) is 9.63. The highest BCUT2D eigenvalue weighted by molar-refractivity contribution is 9.10. The van der Waals surface area contributed by atoms with Gasteiger partial charge in [0.05, 0.1) is 12.8 Å². The fraction of sp³-hybridized carbons (Fsp3) is 0.417. The first kappa shape index (κ1) is 12.2. The van der Waals surface area contributed by atoms with Gasteiger partial charge in [-0.15, -0.1) is 0 Å². The van der Waals surface area contributed by atoms with E-state index in [1.807, 2.05) is 12.1 Å². The van der Waals surface area contributed by atoms with Crippen LogP contribution in [-0.2, 0) is 0 Å². The van der Waals surface area contributed by atoms with Gasteiger partial charge in [-0.1, -0.05) is 0 Å². The summed E-state index contributed by atoms with van der Waals surface area (Å²) in [4.78, 5) is 11.7. The maximum absolute atomic E-state index is 11.7. The van der Waals surface area contributed by atoms with Crippen molar-refractivity contribution in [3.8, 4) is 5.75 Å². The number of ether oxygens (including phenoxy) is 1. The number of hydrogen-bond acceptors (Lipinski definition) is 2. The minimum atomic E-state index is -0.163. The molecule has 2 rings (SSSR count). The van der Waals surface area contributed by atoms with Gasteiger partial charge in [-0.3, -0.25) is 0 Å². The Morgan fingerprint density at radius 1 is 1.47 bits per heavy atom. The number of carbonyl (C=O) groups is 1. The average Bonchev–Trinajstić information content (AvgIpc) is 2.27. The largest absolute Gasteiger partial charge is 0.497 e. The van der Waals surface area contributed by atoms with Gasteiger partial charge in [0.1, 0.15) is 5.75 Å². The van der Waals surface area contributed by atoms with Gasteiger partial charge in [0, 0.05) is 16.6 Å². The normalized spacial score (nSPS) is 14.9. The van der Waals surface area contributed by atoms with Crippen LogP contribution in [-0.4, -0.2) is 19.2 Å². The average molecular weight is 299 g/mol. The second-order valence-corrected chi connectivity index (χ2v) is 4.93. The molecule has 0 bridgehead atoms. The minimum absolute atomic E-state index is 0.163. The molecule has 1 saturated carbocycles. The number of hydrogen-bond donors (Lipinski definition) is 2. The Labute approximate surface area is 109 Å². The quantitative estimate of drug-likeness (QED) is 0.901. The molecule has 1 aromatic rings. The van der Waals surface area contributed by atoms with E-state index in [0.29, 0.717) is 17.5 Å². The lowest BCUT2D eigenvalue weighted by Gasteiger charge is -2.26. The molecule has 0 aliphatic heterocycles. The third-order valence-corrected chi connectivity index (χ3v) is 3.55. The lowest BCUT2D eigenvalue weighted by Crippen LogP contribution is -2.41. The van der Waals surface area contributed by atoms with Crippen molar-refractivity contribution in [1.29, 1.82) is 0 Å². The summed E-state index contributed by atoms with van der Waals surface area (Å²) in [5, 5.41) is 5.72. The van der Waals surface area contributed by atoms with Gasteiger partial charge in [-0.05, 0) is 47.3 Å². The summed E-state index contributed by atoms with van der Waals surface area (Å²) in [6, 6.07) is 5.63. The molecule has 0 aromatic heterocycles. The van der Waals surface area contributed by atoms with E-state index in [1.54, 1.807) is 13.2 Å². The summed E-state index contributed by atoms with van der Waals surface area (Å²) in [5.74, 6) is 0.715. The SMILES string of the molecule is COc1ccc(Br)c(NC(=O)NC2CCC2)c1. The second kappa shape index (κ2) is 5.40. The van der Waals surface area contributed by atoms with Crippen LogP contribution in [0.1, 0.15) is 19.3 Å². The molecule has 1 fully saturated rings. The van der Waals surface area contributed by atoms with Crippen molar-refractivity contribution < 1.29 is 9.53 Å². The lowest BCUT2D eigenvalue weighted by molar-refractivity contribution is 0.240. The molecular weight excluding hydrogens is 284 g/mol. The predicted molar refractivity (Wildman–Crippen MR) is 70.5 cm³/mol. The van der Waals surface area contributed by atoms with Crippen molar-refractivity contribution in [3.05, 3.63) is 22.7 Å². The fourth-order valence-corrected chi connectivity index (χ4v) is 1.97. The molecule has 1 aliphatic rings. The van der Waals surface area contributed by atoms with Crippen LogP contribution in [0, 0.1) is 0 Å². The summed E-state index contributed by atoms with van der Waals surface area (Å²) in [7, 11) is 1.60. The number of carbonyl (C=O) groups excluding carboxylic acids is 1. The van der Waals surface area contributed by atoms with Gasteiger partial charge in [0.2, 0.25) is 0 Å². The van der Waals surface area contributed by atoms with Crippen LogP contribution >= 0.6 is 15.9 Å². The van der Waals surface area contributed by atoms with Gasteiger partial charge in [-0.2, -0.15) is 0 Å². The molecule has 4 nitrogen and oxygen atoms in total. The topological polar surface area (TPSA) is 50.4 Å². The molecule has 0 radical (unpaired) electrons. The van der Waals surface area contributed by atoms with Crippen LogP contribution in [0.3, 0.4) is 0 Å². The Morgan fingerprint density at radius 2 is 2.24 bits per heavy atom. The van der Waals surface area contributed by atoms with E-state index in [4.69, 9.17) is 4.74 Å². The summed E-state index contributed by atoms with van der Waals surface area (Å²) in [6.07, 6.45) is 3.35. The number of methoxy groups -OCH3 is 1. The van der Waals surface area contributed by atoms with E-state index in [-0.39, 0.29) is 6.03 Å². The van der Waals surface area contributed by atoms with E-state index >= 15 is 0 Å². The Bertz CT molecular complexity index is 419. The van der Waals surface area contributed by atoms with Gasteiger partial charge in [0.25, 0.3) is 0 Å². The second-order valence-electron chi connectivity index (χ2n) is 4.07. The number of anilines is 1. The van der Waals surface area contributed by atoms with Crippen LogP contribution in [0.5, 0.6) is 5.75 Å². The van der Waals surface area contributed by atoms with Crippen LogP contribution in [0.2, 0.25) is 0 Å². The molecular formula is C12H15BrN2O2. The molecule has 0 spiro atoms. The first-order valence-electron chi connectivity index (χ1n) is 5.60. The van der Waals surface area contributed by atoms with Crippen molar-refractivity contribution in [2.45, 2.75) is 25.3 Å². The number of halogens is 1. The highest BCUT2D eigenvalue weighted by Crippen LogP contribution is 2.27.